The molecule has 0 aliphatic heterocycles. The second kappa shape index (κ2) is 6.05. The van der Waals surface area contributed by atoms with Crippen molar-refractivity contribution in [1.82, 2.24) is 5.32 Å². The maximum atomic E-state index is 12.2. The van der Waals surface area contributed by atoms with Gasteiger partial charge in [-0.05, 0) is 24.2 Å². The number of carbonyl (C=O) groups excluding carboxylic acids is 1. The van der Waals surface area contributed by atoms with Gasteiger partial charge in [-0.3, -0.25) is 4.79 Å². The van der Waals surface area contributed by atoms with Crippen LogP contribution >= 0.6 is 0 Å². The van der Waals surface area contributed by atoms with Gasteiger partial charge in [-0.2, -0.15) is 0 Å². The summed E-state index contributed by atoms with van der Waals surface area (Å²) in [5.41, 5.74) is 5.95. The summed E-state index contributed by atoms with van der Waals surface area (Å²) in [6.45, 7) is 9.27. The van der Waals surface area contributed by atoms with Gasteiger partial charge in [0.15, 0.2) is 0 Å². The first kappa shape index (κ1) is 15.5. The van der Waals surface area contributed by atoms with Crippen molar-refractivity contribution in [3.05, 3.63) is 0 Å². The van der Waals surface area contributed by atoms with Crippen LogP contribution in [-0.4, -0.2) is 18.0 Å². The predicted molar refractivity (Wildman–Crippen MR) is 76.2 cm³/mol. The van der Waals surface area contributed by atoms with E-state index in [0.717, 1.165) is 12.8 Å². The summed E-state index contributed by atoms with van der Waals surface area (Å²) in [6, 6.07) is 0. The Balaban J connectivity index is 2.52. The number of nitrogens with one attached hydrogen (secondary N) is 1. The smallest absolute Gasteiger partial charge is 0.220 e. The fourth-order valence-electron chi connectivity index (χ4n) is 2.54. The van der Waals surface area contributed by atoms with Crippen molar-refractivity contribution in [2.75, 3.05) is 6.54 Å². The van der Waals surface area contributed by atoms with Crippen LogP contribution in [0.5, 0.6) is 0 Å². The molecule has 106 valence electrons. The van der Waals surface area contributed by atoms with Crippen LogP contribution in [0.2, 0.25) is 0 Å². The molecular weight excluding hydrogens is 224 g/mol. The zero-order valence-electron chi connectivity index (χ0n) is 12.5. The molecule has 0 aromatic heterocycles. The summed E-state index contributed by atoms with van der Waals surface area (Å²) in [5.74, 6) is 0.556. The van der Waals surface area contributed by atoms with E-state index in [1.54, 1.807) is 0 Å². The monoisotopic (exact) mass is 254 g/mol. The minimum absolute atomic E-state index is 0.118. The largest absolute Gasteiger partial charge is 0.349 e. The molecule has 0 saturated heterocycles. The van der Waals surface area contributed by atoms with E-state index in [1.165, 1.54) is 19.3 Å². The van der Waals surface area contributed by atoms with Gasteiger partial charge in [0.25, 0.3) is 0 Å². The van der Waals surface area contributed by atoms with Crippen molar-refractivity contribution in [1.29, 1.82) is 0 Å². The van der Waals surface area contributed by atoms with Gasteiger partial charge in [-0.15, -0.1) is 0 Å². The third-order valence-electron chi connectivity index (χ3n) is 4.58. The topological polar surface area (TPSA) is 55.1 Å². The molecule has 0 radical (unpaired) electrons. The number of rotatable bonds is 4. The second-order valence-electron chi connectivity index (χ2n) is 7.06. The number of hydrogen-bond donors (Lipinski definition) is 2. The van der Waals surface area contributed by atoms with Gasteiger partial charge in [0.2, 0.25) is 5.91 Å². The van der Waals surface area contributed by atoms with E-state index in [4.69, 9.17) is 5.73 Å². The van der Waals surface area contributed by atoms with Crippen LogP contribution in [0.1, 0.15) is 66.2 Å². The Kier molecular flexibility index (Phi) is 5.20. The molecule has 3 nitrogen and oxygen atoms in total. The van der Waals surface area contributed by atoms with Crippen molar-refractivity contribution in [2.45, 2.75) is 71.8 Å². The Labute approximate surface area is 112 Å². The highest BCUT2D eigenvalue weighted by molar-refractivity contribution is 5.77. The van der Waals surface area contributed by atoms with Gasteiger partial charge in [0, 0.05) is 13.0 Å². The summed E-state index contributed by atoms with van der Waals surface area (Å²) in [7, 11) is 0. The maximum absolute atomic E-state index is 12.2. The molecule has 1 fully saturated rings. The highest BCUT2D eigenvalue weighted by atomic mass is 16.1. The first-order chi connectivity index (χ1) is 8.29. The van der Waals surface area contributed by atoms with Crippen LogP contribution in [0, 0.1) is 11.3 Å². The van der Waals surface area contributed by atoms with Crippen LogP contribution < -0.4 is 11.1 Å². The molecule has 3 heteroatoms. The molecular formula is C15H30N2O. The molecule has 0 aromatic carbocycles. The molecule has 0 bridgehead atoms. The molecule has 0 spiro atoms. The lowest BCUT2D eigenvalue weighted by atomic mass is 9.78. The van der Waals surface area contributed by atoms with Crippen LogP contribution in [0.15, 0.2) is 0 Å². The number of hydrogen-bond acceptors (Lipinski definition) is 2. The van der Waals surface area contributed by atoms with E-state index in [1.807, 2.05) is 0 Å². The number of carbonyl (C=O) groups is 1. The van der Waals surface area contributed by atoms with Gasteiger partial charge < -0.3 is 11.1 Å². The van der Waals surface area contributed by atoms with E-state index in [-0.39, 0.29) is 16.9 Å². The molecule has 1 rings (SSSR count). The SMILES string of the molecule is CC(CC(=O)NC1(CN)CCCCC1)C(C)(C)C. The van der Waals surface area contributed by atoms with Crippen molar-refractivity contribution in [3.63, 3.8) is 0 Å². The van der Waals surface area contributed by atoms with E-state index in [0.29, 0.717) is 18.9 Å². The quantitative estimate of drug-likeness (QED) is 0.810. The van der Waals surface area contributed by atoms with Crippen molar-refractivity contribution in [2.24, 2.45) is 17.1 Å². The van der Waals surface area contributed by atoms with Crippen LogP contribution in [-0.2, 0) is 4.79 Å². The average molecular weight is 254 g/mol. The average Bonchev–Trinajstić information content (AvgIpc) is 2.28. The lowest BCUT2D eigenvalue weighted by Crippen LogP contribution is -2.55. The highest BCUT2D eigenvalue weighted by Gasteiger charge is 2.33. The molecule has 18 heavy (non-hydrogen) atoms. The van der Waals surface area contributed by atoms with Gasteiger partial charge in [-0.25, -0.2) is 0 Å². The lowest BCUT2D eigenvalue weighted by Gasteiger charge is -2.38. The van der Waals surface area contributed by atoms with E-state index >= 15 is 0 Å². The minimum Gasteiger partial charge on any atom is -0.349 e. The Morgan fingerprint density at radius 2 is 1.83 bits per heavy atom. The molecule has 1 aliphatic carbocycles. The third-order valence-corrected chi connectivity index (χ3v) is 4.58. The Hall–Kier alpha value is -0.570. The summed E-state index contributed by atoms with van der Waals surface area (Å²) in [4.78, 5) is 12.2. The van der Waals surface area contributed by atoms with Gasteiger partial charge >= 0.3 is 0 Å². The van der Waals surface area contributed by atoms with Gasteiger partial charge in [-0.1, -0.05) is 47.0 Å². The number of nitrogens with two attached hydrogens (primary N) is 1. The lowest BCUT2D eigenvalue weighted by molar-refractivity contribution is -0.125. The summed E-state index contributed by atoms with van der Waals surface area (Å²) in [5, 5.41) is 3.22. The fraction of sp³-hybridized carbons (Fsp3) is 0.933. The highest BCUT2D eigenvalue weighted by Crippen LogP contribution is 2.30. The van der Waals surface area contributed by atoms with E-state index < -0.39 is 0 Å². The Morgan fingerprint density at radius 1 is 1.28 bits per heavy atom. The predicted octanol–water partition coefficient (Wildman–Crippen LogP) is 2.84. The summed E-state index contributed by atoms with van der Waals surface area (Å²) >= 11 is 0. The molecule has 1 amide bonds. The zero-order chi connectivity index (χ0) is 13.8. The fourth-order valence-corrected chi connectivity index (χ4v) is 2.54. The third kappa shape index (κ3) is 4.27. The maximum Gasteiger partial charge on any atom is 0.220 e. The summed E-state index contributed by atoms with van der Waals surface area (Å²) < 4.78 is 0. The Bertz CT molecular complexity index is 275. The van der Waals surface area contributed by atoms with Crippen LogP contribution in [0.4, 0.5) is 0 Å². The zero-order valence-corrected chi connectivity index (χ0v) is 12.5. The van der Waals surface area contributed by atoms with Crippen molar-refractivity contribution < 1.29 is 4.79 Å². The molecule has 1 saturated carbocycles. The van der Waals surface area contributed by atoms with Crippen LogP contribution in [0.25, 0.3) is 0 Å². The van der Waals surface area contributed by atoms with E-state index in [9.17, 15) is 4.79 Å². The molecule has 1 atom stereocenters. The van der Waals surface area contributed by atoms with Crippen LogP contribution in [0.3, 0.4) is 0 Å². The standard InChI is InChI=1S/C15H30N2O/c1-12(14(2,3)4)10-13(18)17-15(11-16)8-6-5-7-9-15/h12H,5-11,16H2,1-4H3,(H,17,18). The molecule has 0 heterocycles. The molecule has 3 N–H and O–H groups in total. The van der Waals surface area contributed by atoms with Crippen molar-refractivity contribution in [3.8, 4) is 0 Å². The first-order valence-corrected chi connectivity index (χ1v) is 7.30. The number of amides is 1. The second-order valence-corrected chi connectivity index (χ2v) is 7.06. The molecule has 1 unspecified atom stereocenters. The van der Waals surface area contributed by atoms with Crippen molar-refractivity contribution >= 4 is 5.91 Å². The first-order valence-electron chi connectivity index (χ1n) is 7.30. The summed E-state index contributed by atoms with van der Waals surface area (Å²) in [6.07, 6.45) is 6.33. The van der Waals surface area contributed by atoms with E-state index in [2.05, 4.69) is 33.0 Å². The van der Waals surface area contributed by atoms with Gasteiger partial charge in [0.05, 0.1) is 5.54 Å². The Morgan fingerprint density at radius 3 is 2.28 bits per heavy atom. The van der Waals surface area contributed by atoms with Gasteiger partial charge in [0.1, 0.15) is 0 Å². The molecule has 0 aromatic rings. The normalized spacial score (nSPS) is 21.4. The molecule has 1 aliphatic rings. The minimum atomic E-state index is -0.118.